The topological polar surface area (TPSA) is 29.1 Å². The summed E-state index contributed by atoms with van der Waals surface area (Å²) in [7, 11) is 0. The Bertz CT molecular complexity index is 106. The van der Waals surface area contributed by atoms with Crippen molar-refractivity contribution < 1.29 is 4.79 Å². The largest absolute Gasteiger partial charge is 0.356 e. The van der Waals surface area contributed by atoms with Gasteiger partial charge >= 0.3 is 0 Å². The summed E-state index contributed by atoms with van der Waals surface area (Å²) in [5, 5.41) is 3.78. The number of rotatable bonds is 4. The first-order valence-corrected chi connectivity index (χ1v) is 4.59. The van der Waals surface area contributed by atoms with Crippen LogP contribution in [0.15, 0.2) is 0 Å². The summed E-state index contributed by atoms with van der Waals surface area (Å²) in [4.78, 5) is 10.4. The van der Waals surface area contributed by atoms with Gasteiger partial charge in [-0.3, -0.25) is 4.79 Å². The zero-order valence-electron chi connectivity index (χ0n) is 6.48. The Hall–Kier alpha value is -0.0500. The molecule has 0 saturated heterocycles. The number of halogens is 1. The van der Waals surface area contributed by atoms with Gasteiger partial charge in [-0.25, -0.2) is 0 Å². The van der Waals surface area contributed by atoms with E-state index in [1.807, 2.05) is 0 Å². The molecule has 0 radical (unpaired) electrons. The van der Waals surface area contributed by atoms with Crippen LogP contribution in [0, 0.1) is 5.92 Å². The van der Waals surface area contributed by atoms with E-state index >= 15 is 0 Å². The molecule has 0 heterocycles. The van der Waals surface area contributed by atoms with Crippen LogP contribution in [0.3, 0.4) is 0 Å². The first-order chi connectivity index (χ1) is 4.66. The number of hydrogen-bond acceptors (Lipinski definition) is 1. The molecule has 0 rings (SSSR count). The van der Waals surface area contributed by atoms with Gasteiger partial charge in [0.1, 0.15) is 0 Å². The summed E-state index contributed by atoms with van der Waals surface area (Å²) in [6.45, 7) is 4.46. The van der Waals surface area contributed by atoms with Crippen LogP contribution in [0.25, 0.3) is 0 Å². The Labute approximate surface area is 70.5 Å². The Kier molecular flexibility index (Phi) is 5.69. The highest BCUT2D eigenvalue weighted by Crippen LogP contribution is 2.01. The van der Waals surface area contributed by atoms with Crippen LogP contribution in [0.2, 0.25) is 0 Å². The van der Waals surface area contributed by atoms with Crippen LogP contribution in [0.4, 0.5) is 0 Å². The van der Waals surface area contributed by atoms with Crippen molar-refractivity contribution in [3.8, 4) is 0 Å². The molecule has 0 aromatic heterocycles. The van der Waals surface area contributed by atoms with E-state index in [0.717, 1.165) is 18.3 Å². The molecule has 0 aromatic rings. The Morgan fingerprint density at radius 1 is 1.70 bits per heavy atom. The van der Waals surface area contributed by atoms with E-state index in [9.17, 15) is 4.79 Å². The minimum Gasteiger partial charge on any atom is -0.356 e. The molecule has 60 valence electrons. The van der Waals surface area contributed by atoms with Crippen molar-refractivity contribution in [2.24, 2.45) is 5.92 Å². The molecule has 1 N–H and O–H groups in total. The molecular weight excluding hydrogens is 194 g/mol. The van der Waals surface area contributed by atoms with E-state index in [-0.39, 0.29) is 5.91 Å². The normalized spacial score (nSPS) is 12.7. The standard InChI is InChI=1S/C7H14BrNO/c1-6(3-4-8)5-9-7(2)10/h6H,3-5H2,1-2H3,(H,9,10). The first-order valence-electron chi connectivity index (χ1n) is 3.47. The highest BCUT2D eigenvalue weighted by atomic mass is 79.9. The van der Waals surface area contributed by atoms with Crippen molar-refractivity contribution in [1.29, 1.82) is 0 Å². The maximum Gasteiger partial charge on any atom is 0.216 e. The van der Waals surface area contributed by atoms with E-state index < -0.39 is 0 Å². The fourth-order valence-electron chi connectivity index (χ4n) is 0.606. The highest BCUT2D eigenvalue weighted by Gasteiger charge is 2.00. The summed E-state index contributed by atoms with van der Waals surface area (Å²) in [5.74, 6) is 0.629. The number of alkyl halides is 1. The van der Waals surface area contributed by atoms with E-state index in [2.05, 4.69) is 28.2 Å². The lowest BCUT2D eigenvalue weighted by Crippen LogP contribution is -2.25. The zero-order valence-corrected chi connectivity index (χ0v) is 8.07. The molecule has 2 nitrogen and oxygen atoms in total. The molecular formula is C7H14BrNO. The molecule has 0 saturated carbocycles. The monoisotopic (exact) mass is 207 g/mol. The van der Waals surface area contributed by atoms with Crippen LogP contribution < -0.4 is 5.32 Å². The van der Waals surface area contributed by atoms with Gasteiger partial charge in [0, 0.05) is 18.8 Å². The van der Waals surface area contributed by atoms with Crippen LogP contribution in [0.5, 0.6) is 0 Å². The highest BCUT2D eigenvalue weighted by molar-refractivity contribution is 9.09. The molecule has 3 heteroatoms. The fraction of sp³-hybridized carbons (Fsp3) is 0.857. The van der Waals surface area contributed by atoms with Gasteiger partial charge in [-0.2, -0.15) is 0 Å². The van der Waals surface area contributed by atoms with Gasteiger partial charge in [-0.1, -0.05) is 22.9 Å². The zero-order chi connectivity index (χ0) is 7.98. The van der Waals surface area contributed by atoms with Crippen molar-refractivity contribution in [2.75, 3.05) is 11.9 Å². The average molecular weight is 208 g/mol. The predicted molar refractivity (Wildman–Crippen MR) is 46.3 cm³/mol. The maximum absolute atomic E-state index is 10.4. The van der Waals surface area contributed by atoms with Crippen molar-refractivity contribution in [1.82, 2.24) is 5.32 Å². The molecule has 10 heavy (non-hydrogen) atoms. The van der Waals surface area contributed by atoms with Crippen molar-refractivity contribution >= 4 is 21.8 Å². The van der Waals surface area contributed by atoms with E-state index in [0.29, 0.717) is 5.92 Å². The van der Waals surface area contributed by atoms with Crippen molar-refractivity contribution in [3.05, 3.63) is 0 Å². The molecule has 1 unspecified atom stereocenters. The van der Waals surface area contributed by atoms with Crippen molar-refractivity contribution in [3.63, 3.8) is 0 Å². The molecule has 1 amide bonds. The molecule has 1 atom stereocenters. The SMILES string of the molecule is CC(=O)NCC(C)CCBr. The third-order valence-electron chi connectivity index (χ3n) is 1.30. The smallest absolute Gasteiger partial charge is 0.216 e. The quantitative estimate of drug-likeness (QED) is 0.697. The van der Waals surface area contributed by atoms with Crippen molar-refractivity contribution in [2.45, 2.75) is 20.3 Å². The average Bonchev–Trinajstić information content (AvgIpc) is 1.85. The summed E-state index contributed by atoms with van der Waals surface area (Å²) in [6.07, 6.45) is 1.11. The Morgan fingerprint density at radius 2 is 2.30 bits per heavy atom. The lowest BCUT2D eigenvalue weighted by Gasteiger charge is -2.08. The summed E-state index contributed by atoms with van der Waals surface area (Å²) in [6, 6.07) is 0. The van der Waals surface area contributed by atoms with E-state index in [4.69, 9.17) is 0 Å². The van der Waals surface area contributed by atoms with Gasteiger partial charge in [0.25, 0.3) is 0 Å². The molecule has 0 spiro atoms. The third kappa shape index (κ3) is 6.08. The van der Waals surface area contributed by atoms with Gasteiger partial charge in [0.15, 0.2) is 0 Å². The predicted octanol–water partition coefficient (Wildman–Crippen LogP) is 1.54. The van der Waals surface area contributed by atoms with Crippen LogP contribution in [0.1, 0.15) is 20.3 Å². The number of carbonyl (C=O) groups excluding carboxylic acids is 1. The molecule has 0 aliphatic heterocycles. The Balaban J connectivity index is 3.21. The molecule has 0 aliphatic carbocycles. The minimum absolute atomic E-state index is 0.0569. The number of amides is 1. The van der Waals surface area contributed by atoms with Gasteiger partial charge in [-0.15, -0.1) is 0 Å². The summed E-state index contributed by atoms with van der Waals surface area (Å²) < 4.78 is 0. The Morgan fingerprint density at radius 3 is 2.70 bits per heavy atom. The lowest BCUT2D eigenvalue weighted by molar-refractivity contribution is -0.119. The summed E-state index contributed by atoms with van der Waals surface area (Å²) >= 11 is 3.34. The second-order valence-corrected chi connectivity index (χ2v) is 3.31. The second kappa shape index (κ2) is 5.71. The van der Waals surface area contributed by atoms with E-state index in [1.165, 1.54) is 0 Å². The first kappa shape index (κ1) is 9.95. The van der Waals surface area contributed by atoms with Crippen LogP contribution >= 0.6 is 15.9 Å². The van der Waals surface area contributed by atoms with E-state index in [1.54, 1.807) is 6.92 Å². The lowest BCUT2D eigenvalue weighted by atomic mass is 10.1. The second-order valence-electron chi connectivity index (χ2n) is 2.52. The molecule has 0 fully saturated rings. The number of nitrogens with one attached hydrogen (secondary N) is 1. The van der Waals surface area contributed by atoms with Gasteiger partial charge in [0.05, 0.1) is 0 Å². The summed E-state index contributed by atoms with van der Waals surface area (Å²) in [5.41, 5.74) is 0. The minimum atomic E-state index is 0.0569. The molecule has 0 aliphatic rings. The van der Waals surface area contributed by atoms with Crippen LogP contribution in [-0.4, -0.2) is 17.8 Å². The number of carbonyl (C=O) groups is 1. The molecule has 0 aromatic carbocycles. The fourth-order valence-corrected chi connectivity index (χ4v) is 1.39. The van der Waals surface area contributed by atoms with Crippen LogP contribution in [-0.2, 0) is 4.79 Å². The van der Waals surface area contributed by atoms with Gasteiger partial charge in [-0.05, 0) is 12.3 Å². The maximum atomic E-state index is 10.4. The molecule has 0 bridgehead atoms. The van der Waals surface area contributed by atoms with Gasteiger partial charge < -0.3 is 5.32 Å². The number of hydrogen-bond donors (Lipinski definition) is 1. The third-order valence-corrected chi connectivity index (χ3v) is 1.76. The van der Waals surface area contributed by atoms with Gasteiger partial charge in [0.2, 0.25) is 5.91 Å².